The van der Waals surface area contributed by atoms with Crippen LogP contribution in [0.5, 0.6) is 0 Å². The molecule has 0 unspecified atom stereocenters. The van der Waals surface area contributed by atoms with Gasteiger partial charge in [-0.15, -0.1) is 0 Å². The van der Waals surface area contributed by atoms with Crippen LogP contribution in [-0.4, -0.2) is 36.5 Å². The normalized spacial score (nSPS) is 14.4. The molecule has 0 radical (unpaired) electrons. The highest BCUT2D eigenvalue weighted by molar-refractivity contribution is 6.30. The van der Waals surface area contributed by atoms with E-state index in [1.165, 1.54) is 4.90 Å². The van der Waals surface area contributed by atoms with Crippen molar-refractivity contribution in [3.05, 3.63) is 53.4 Å². The highest BCUT2D eigenvalue weighted by Gasteiger charge is 2.30. The van der Waals surface area contributed by atoms with Gasteiger partial charge < -0.3 is 14.6 Å². The monoisotopic (exact) mass is 333 g/mol. The van der Waals surface area contributed by atoms with E-state index < -0.39 is 0 Å². The van der Waals surface area contributed by atoms with Crippen LogP contribution in [-0.2, 0) is 11.3 Å². The summed E-state index contributed by atoms with van der Waals surface area (Å²) in [6.07, 6.45) is 1.55. The number of furan rings is 1. The topological polar surface area (TPSA) is 65.8 Å². The van der Waals surface area contributed by atoms with Crippen molar-refractivity contribution in [2.45, 2.75) is 6.54 Å². The molecule has 0 spiro atoms. The first-order valence-electron chi connectivity index (χ1n) is 7.24. The van der Waals surface area contributed by atoms with E-state index in [0.29, 0.717) is 30.4 Å². The van der Waals surface area contributed by atoms with Crippen LogP contribution in [0.3, 0.4) is 0 Å². The molecule has 1 aromatic heterocycles. The van der Waals surface area contributed by atoms with E-state index in [-0.39, 0.29) is 18.5 Å². The summed E-state index contributed by atoms with van der Waals surface area (Å²) >= 11 is 5.96. The van der Waals surface area contributed by atoms with E-state index in [0.717, 1.165) is 5.69 Å². The van der Waals surface area contributed by atoms with Gasteiger partial charge in [0, 0.05) is 23.8 Å². The summed E-state index contributed by atoms with van der Waals surface area (Å²) in [5.41, 5.74) is 0.737. The van der Waals surface area contributed by atoms with Crippen LogP contribution in [0.15, 0.2) is 47.1 Å². The van der Waals surface area contributed by atoms with Crippen molar-refractivity contribution in [2.75, 3.05) is 24.5 Å². The lowest BCUT2D eigenvalue weighted by Crippen LogP contribution is -2.39. The smallest absolute Gasteiger partial charge is 0.325 e. The Morgan fingerprint density at radius 1 is 1.26 bits per heavy atom. The summed E-state index contributed by atoms with van der Waals surface area (Å²) in [7, 11) is 0. The average molecular weight is 334 g/mol. The standard InChI is InChI=1S/C16H16ClN3O3/c17-12-3-1-4-13(9-12)20-7-6-19(16(20)22)11-15(21)18-10-14-5-2-8-23-14/h1-5,8-9H,6-7,10-11H2,(H,18,21). The summed E-state index contributed by atoms with van der Waals surface area (Å²) in [5.74, 6) is 0.453. The zero-order valence-electron chi connectivity index (χ0n) is 12.4. The van der Waals surface area contributed by atoms with Gasteiger partial charge in [0.25, 0.3) is 0 Å². The fourth-order valence-electron chi connectivity index (χ4n) is 2.44. The first kappa shape index (κ1) is 15.4. The summed E-state index contributed by atoms with van der Waals surface area (Å²) < 4.78 is 5.15. The molecule has 1 aromatic carbocycles. The summed E-state index contributed by atoms with van der Waals surface area (Å²) in [6.45, 7) is 1.37. The van der Waals surface area contributed by atoms with Crippen LogP contribution < -0.4 is 10.2 Å². The molecule has 1 aliphatic rings. The fraction of sp³-hybridized carbons (Fsp3) is 0.250. The number of carbonyl (C=O) groups excluding carboxylic acids is 2. The first-order chi connectivity index (χ1) is 11.1. The number of hydrogen-bond donors (Lipinski definition) is 1. The Hall–Kier alpha value is -2.47. The van der Waals surface area contributed by atoms with Crippen molar-refractivity contribution in [1.29, 1.82) is 0 Å². The Morgan fingerprint density at radius 3 is 2.87 bits per heavy atom. The predicted octanol–water partition coefficient (Wildman–Crippen LogP) is 2.49. The zero-order chi connectivity index (χ0) is 16.2. The average Bonchev–Trinajstić information content (AvgIpc) is 3.16. The molecule has 3 rings (SSSR count). The third-order valence-electron chi connectivity index (χ3n) is 3.59. The maximum absolute atomic E-state index is 12.4. The van der Waals surface area contributed by atoms with Crippen molar-refractivity contribution in [3.8, 4) is 0 Å². The van der Waals surface area contributed by atoms with Gasteiger partial charge in [-0.25, -0.2) is 4.79 Å². The van der Waals surface area contributed by atoms with Crippen molar-refractivity contribution in [2.24, 2.45) is 0 Å². The van der Waals surface area contributed by atoms with Crippen LogP contribution in [0, 0.1) is 0 Å². The van der Waals surface area contributed by atoms with E-state index in [1.807, 2.05) is 6.07 Å². The predicted molar refractivity (Wildman–Crippen MR) is 86.3 cm³/mol. The van der Waals surface area contributed by atoms with Crippen molar-refractivity contribution in [1.82, 2.24) is 10.2 Å². The summed E-state index contributed by atoms with van der Waals surface area (Å²) in [5, 5.41) is 3.30. The molecule has 6 nitrogen and oxygen atoms in total. The molecule has 120 valence electrons. The first-order valence-corrected chi connectivity index (χ1v) is 7.62. The number of hydrogen-bond acceptors (Lipinski definition) is 3. The zero-order valence-corrected chi connectivity index (χ0v) is 13.1. The minimum atomic E-state index is -0.220. The third-order valence-corrected chi connectivity index (χ3v) is 3.82. The highest BCUT2D eigenvalue weighted by atomic mass is 35.5. The number of carbonyl (C=O) groups is 2. The Bertz CT molecular complexity index is 702. The molecule has 3 amide bonds. The number of rotatable bonds is 5. The Labute approximate surface area is 138 Å². The van der Waals surface area contributed by atoms with Gasteiger partial charge in [-0.1, -0.05) is 17.7 Å². The van der Waals surface area contributed by atoms with Crippen LogP contribution in [0.2, 0.25) is 5.02 Å². The van der Waals surface area contributed by atoms with E-state index in [2.05, 4.69) is 5.32 Å². The Balaban J connectivity index is 1.55. The molecule has 1 fully saturated rings. The van der Waals surface area contributed by atoms with E-state index >= 15 is 0 Å². The highest BCUT2D eigenvalue weighted by Crippen LogP contribution is 2.23. The van der Waals surface area contributed by atoms with E-state index in [9.17, 15) is 9.59 Å². The van der Waals surface area contributed by atoms with Crippen molar-refractivity contribution >= 4 is 29.2 Å². The molecular formula is C16H16ClN3O3. The van der Waals surface area contributed by atoms with E-state index in [1.54, 1.807) is 41.5 Å². The van der Waals surface area contributed by atoms with Gasteiger partial charge in [0.2, 0.25) is 5.91 Å². The molecule has 0 aliphatic carbocycles. The molecule has 1 aliphatic heterocycles. The molecule has 0 atom stereocenters. The maximum Gasteiger partial charge on any atom is 0.325 e. The lowest BCUT2D eigenvalue weighted by molar-refractivity contribution is -0.121. The Kier molecular flexibility index (Phi) is 4.52. The lowest BCUT2D eigenvalue weighted by atomic mass is 10.3. The van der Waals surface area contributed by atoms with Gasteiger partial charge in [-0.3, -0.25) is 9.69 Å². The molecule has 0 bridgehead atoms. The van der Waals surface area contributed by atoms with Gasteiger partial charge in [0.15, 0.2) is 0 Å². The van der Waals surface area contributed by atoms with Gasteiger partial charge in [-0.2, -0.15) is 0 Å². The number of benzene rings is 1. The molecule has 2 heterocycles. The third kappa shape index (κ3) is 3.65. The number of halogens is 1. The molecule has 1 N–H and O–H groups in total. The lowest BCUT2D eigenvalue weighted by Gasteiger charge is -2.18. The number of nitrogens with zero attached hydrogens (tertiary/aromatic N) is 2. The maximum atomic E-state index is 12.4. The second kappa shape index (κ2) is 6.75. The quantitative estimate of drug-likeness (QED) is 0.914. The van der Waals surface area contributed by atoms with Crippen LogP contribution in [0.25, 0.3) is 0 Å². The molecule has 7 heteroatoms. The van der Waals surface area contributed by atoms with Crippen molar-refractivity contribution < 1.29 is 14.0 Å². The fourth-order valence-corrected chi connectivity index (χ4v) is 2.63. The molecule has 0 saturated carbocycles. The minimum absolute atomic E-state index is 0.0244. The van der Waals surface area contributed by atoms with Gasteiger partial charge >= 0.3 is 6.03 Å². The number of anilines is 1. The molecule has 1 saturated heterocycles. The Morgan fingerprint density at radius 2 is 2.13 bits per heavy atom. The van der Waals surface area contributed by atoms with Crippen LogP contribution >= 0.6 is 11.6 Å². The van der Waals surface area contributed by atoms with Crippen molar-refractivity contribution in [3.63, 3.8) is 0 Å². The number of nitrogens with one attached hydrogen (secondary N) is 1. The number of amides is 3. The van der Waals surface area contributed by atoms with Gasteiger partial charge in [0.1, 0.15) is 12.3 Å². The van der Waals surface area contributed by atoms with Crippen LogP contribution in [0.1, 0.15) is 5.76 Å². The number of urea groups is 1. The van der Waals surface area contributed by atoms with Gasteiger partial charge in [-0.05, 0) is 30.3 Å². The largest absolute Gasteiger partial charge is 0.467 e. The summed E-state index contributed by atoms with van der Waals surface area (Å²) in [6, 6.07) is 10.5. The minimum Gasteiger partial charge on any atom is -0.467 e. The molecule has 2 aromatic rings. The second-order valence-corrected chi connectivity index (χ2v) is 5.63. The SMILES string of the molecule is O=C(CN1CCN(c2cccc(Cl)c2)C1=O)NCc1ccco1. The summed E-state index contributed by atoms with van der Waals surface area (Å²) in [4.78, 5) is 27.5. The second-order valence-electron chi connectivity index (χ2n) is 5.19. The van der Waals surface area contributed by atoms with Gasteiger partial charge in [0.05, 0.1) is 12.8 Å². The van der Waals surface area contributed by atoms with Crippen LogP contribution in [0.4, 0.5) is 10.5 Å². The van der Waals surface area contributed by atoms with E-state index in [4.69, 9.17) is 16.0 Å². The molecule has 23 heavy (non-hydrogen) atoms. The molecular weight excluding hydrogens is 318 g/mol.